The van der Waals surface area contributed by atoms with Gasteiger partial charge in [0, 0.05) is 13.1 Å². The van der Waals surface area contributed by atoms with Gasteiger partial charge in [-0.1, -0.05) is 30.3 Å². The van der Waals surface area contributed by atoms with E-state index in [0.29, 0.717) is 13.0 Å². The number of ether oxygens (including phenoxy) is 1. The molecule has 0 unspecified atom stereocenters. The van der Waals surface area contributed by atoms with Gasteiger partial charge < -0.3 is 10.5 Å². The number of alkyl halides is 2. The van der Waals surface area contributed by atoms with Crippen LogP contribution >= 0.6 is 12.4 Å². The average molecular weight is 421 g/mol. The summed E-state index contributed by atoms with van der Waals surface area (Å²) in [4.78, 5) is 0.0786. The molecular formula is C18H23ClF2N2O3S. The second kappa shape index (κ2) is 11.2. The fourth-order valence-corrected chi connectivity index (χ4v) is 3.82. The summed E-state index contributed by atoms with van der Waals surface area (Å²) in [5, 5.41) is 0. The van der Waals surface area contributed by atoms with Crippen LogP contribution in [0.4, 0.5) is 8.78 Å². The molecule has 0 saturated carbocycles. The molecule has 9 heteroatoms. The smallest absolute Gasteiger partial charge is 0.272 e. The Morgan fingerprint density at radius 1 is 1.04 bits per heavy atom. The fraction of sp³-hybridized carbons (Fsp3) is 0.333. The quantitative estimate of drug-likeness (QED) is 0.640. The highest BCUT2D eigenvalue weighted by atomic mass is 35.5. The van der Waals surface area contributed by atoms with E-state index in [1.54, 1.807) is 0 Å². The van der Waals surface area contributed by atoms with E-state index in [2.05, 4.69) is 0 Å². The van der Waals surface area contributed by atoms with Crippen LogP contribution in [0.15, 0.2) is 59.5 Å². The van der Waals surface area contributed by atoms with Crippen molar-refractivity contribution in [3.8, 4) is 5.75 Å². The minimum Gasteiger partial charge on any atom is -0.488 e. The summed E-state index contributed by atoms with van der Waals surface area (Å²) in [5.74, 6) is 0.195. The molecule has 0 fully saturated rings. The molecular weight excluding hydrogens is 398 g/mol. The Bertz CT molecular complexity index is 775. The molecule has 0 heterocycles. The number of nitrogens with two attached hydrogens (primary N) is 1. The van der Waals surface area contributed by atoms with E-state index in [1.165, 1.54) is 28.6 Å². The van der Waals surface area contributed by atoms with Gasteiger partial charge in [-0.2, -0.15) is 4.31 Å². The fourth-order valence-electron chi connectivity index (χ4n) is 2.36. The zero-order chi connectivity index (χ0) is 19.0. The summed E-state index contributed by atoms with van der Waals surface area (Å²) >= 11 is 0. The van der Waals surface area contributed by atoms with Gasteiger partial charge in [-0.25, -0.2) is 17.2 Å². The second-order valence-electron chi connectivity index (χ2n) is 5.64. The largest absolute Gasteiger partial charge is 0.488 e. The number of nitrogens with zero attached hydrogens (tertiary/aromatic N) is 1. The van der Waals surface area contributed by atoms with Gasteiger partial charge in [0.25, 0.3) is 6.43 Å². The summed E-state index contributed by atoms with van der Waals surface area (Å²) < 4.78 is 56.5. The summed E-state index contributed by atoms with van der Waals surface area (Å²) in [6, 6.07) is 14.7. The van der Waals surface area contributed by atoms with E-state index in [4.69, 9.17) is 10.5 Å². The van der Waals surface area contributed by atoms with E-state index >= 15 is 0 Å². The maximum Gasteiger partial charge on any atom is 0.272 e. The van der Waals surface area contributed by atoms with E-state index in [1.807, 2.05) is 30.3 Å². The molecule has 0 bridgehead atoms. The third kappa shape index (κ3) is 7.06. The number of benzene rings is 2. The first kappa shape index (κ1) is 23.3. The van der Waals surface area contributed by atoms with Crippen molar-refractivity contribution in [2.45, 2.75) is 24.3 Å². The lowest BCUT2D eigenvalue weighted by Gasteiger charge is -2.22. The van der Waals surface area contributed by atoms with Crippen molar-refractivity contribution < 1.29 is 21.9 Å². The molecule has 0 spiro atoms. The van der Waals surface area contributed by atoms with Crippen LogP contribution in [0, 0.1) is 0 Å². The monoisotopic (exact) mass is 420 g/mol. The molecule has 0 aliphatic heterocycles. The van der Waals surface area contributed by atoms with Crippen LogP contribution < -0.4 is 10.5 Å². The summed E-state index contributed by atoms with van der Waals surface area (Å²) in [6.45, 7) is 0.161. The summed E-state index contributed by atoms with van der Waals surface area (Å²) in [6.07, 6.45) is -2.06. The van der Waals surface area contributed by atoms with Crippen molar-refractivity contribution >= 4 is 22.4 Å². The van der Waals surface area contributed by atoms with Crippen molar-refractivity contribution in [1.29, 1.82) is 0 Å². The van der Waals surface area contributed by atoms with Crippen LogP contribution in [0.2, 0.25) is 0 Å². The molecule has 150 valence electrons. The number of rotatable bonds is 10. The minimum absolute atomic E-state index is 0. The molecule has 2 N–H and O–H groups in total. The normalized spacial score (nSPS) is 11.4. The van der Waals surface area contributed by atoms with Gasteiger partial charge in [-0.15, -0.1) is 12.4 Å². The third-order valence-electron chi connectivity index (χ3n) is 3.65. The predicted molar refractivity (Wildman–Crippen MR) is 103 cm³/mol. The first-order valence-electron chi connectivity index (χ1n) is 8.18. The number of sulfonamides is 1. The zero-order valence-electron chi connectivity index (χ0n) is 14.6. The Kier molecular flexibility index (Phi) is 9.65. The molecule has 0 aliphatic carbocycles. The highest BCUT2D eigenvalue weighted by Gasteiger charge is 2.24. The van der Waals surface area contributed by atoms with E-state index in [-0.39, 0.29) is 36.1 Å². The van der Waals surface area contributed by atoms with Gasteiger partial charge in [-0.05, 0) is 42.8 Å². The van der Waals surface area contributed by atoms with Crippen LogP contribution in [-0.2, 0) is 16.6 Å². The number of halogens is 3. The number of hydrogen-bond donors (Lipinski definition) is 1. The third-order valence-corrected chi connectivity index (χ3v) is 5.51. The zero-order valence-corrected chi connectivity index (χ0v) is 16.3. The molecule has 27 heavy (non-hydrogen) atoms. The lowest BCUT2D eigenvalue weighted by Crippen LogP contribution is -2.32. The average Bonchev–Trinajstić information content (AvgIpc) is 2.64. The van der Waals surface area contributed by atoms with Gasteiger partial charge in [0.2, 0.25) is 10.0 Å². The van der Waals surface area contributed by atoms with Crippen molar-refractivity contribution in [2.75, 3.05) is 19.7 Å². The van der Waals surface area contributed by atoms with Crippen molar-refractivity contribution in [3.05, 3.63) is 60.2 Å². The summed E-state index contributed by atoms with van der Waals surface area (Å²) in [5.41, 5.74) is 6.40. The first-order chi connectivity index (χ1) is 12.4. The highest BCUT2D eigenvalue weighted by molar-refractivity contribution is 7.89. The Morgan fingerprint density at radius 3 is 2.22 bits per heavy atom. The van der Waals surface area contributed by atoms with Crippen molar-refractivity contribution in [2.24, 2.45) is 5.73 Å². The molecule has 2 aromatic rings. The second-order valence-corrected chi connectivity index (χ2v) is 7.58. The van der Waals surface area contributed by atoms with Crippen LogP contribution in [-0.4, -0.2) is 38.8 Å². The van der Waals surface area contributed by atoms with Gasteiger partial charge in [-0.3, -0.25) is 0 Å². The van der Waals surface area contributed by atoms with Crippen molar-refractivity contribution in [3.63, 3.8) is 0 Å². The van der Waals surface area contributed by atoms with E-state index in [9.17, 15) is 17.2 Å². The van der Waals surface area contributed by atoms with Gasteiger partial charge in [0.15, 0.2) is 0 Å². The van der Waals surface area contributed by atoms with Crippen LogP contribution in [0.5, 0.6) is 5.75 Å². The molecule has 0 saturated heterocycles. The molecule has 0 radical (unpaired) electrons. The van der Waals surface area contributed by atoms with Gasteiger partial charge in [0.05, 0.1) is 4.90 Å². The molecule has 2 rings (SSSR count). The van der Waals surface area contributed by atoms with Gasteiger partial charge >= 0.3 is 0 Å². The first-order valence-corrected chi connectivity index (χ1v) is 9.62. The van der Waals surface area contributed by atoms with E-state index < -0.39 is 23.1 Å². The van der Waals surface area contributed by atoms with Crippen molar-refractivity contribution in [1.82, 2.24) is 4.31 Å². The molecule has 0 aliphatic rings. The Balaban J connectivity index is 0.00000364. The molecule has 0 atom stereocenters. The van der Waals surface area contributed by atoms with Crippen LogP contribution in [0.1, 0.15) is 12.0 Å². The lowest BCUT2D eigenvalue weighted by atomic mass is 10.2. The Morgan fingerprint density at radius 2 is 1.67 bits per heavy atom. The lowest BCUT2D eigenvalue weighted by molar-refractivity contribution is 0.0819. The van der Waals surface area contributed by atoms with Crippen LogP contribution in [0.25, 0.3) is 0 Å². The molecule has 2 aromatic carbocycles. The maximum absolute atomic E-state index is 12.9. The topological polar surface area (TPSA) is 72.6 Å². The summed E-state index contributed by atoms with van der Waals surface area (Å²) in [7, 11) is -3.75. The minimum atomic E-state index is -3.75. The molecule has 0 amide bonds. The molecule has 0 aromatic heterocycles. The van der Waals surface area contributed by atoms with Gasteiger partial charge in [0.1, 0.15) is 12.4 Å². The standard InChI is InChI=1S/C18H22F2N2O3S.ClH/c19-18(20)14-25-16-7-9-17(10-8-16)26(23,24)22(12-4-11-21)13-15-5-2-1-3-6-15;/h1-3,5-10,18H,4,11-14,21H2;1H. The SMILES string of the molecule is Cl.NCCCN(Cc1ccccc1)S(=O)(=O)c1ccc(OCC(F)F)cc1. The van der Waals surface area contributed by atoms with E-state index in [0.717, 1.165) is 5.56 Å². The highest BCUT2D eigenvalue weighted by Crippen LogP contribution is 2.22. The number of hydrogen-bond acceptors (Lipinski definition) is 4. The van der Waals surface area contributed by atoms with Crippen LogP contribution in [0.3, 0.4) is 0 Å². The Labute approximate surface area is 164 Å². The molecule has 5 nitrogen and oxygen atoms in total. The maximum atomic E-state index is 12.9. The predicted octanol–water partition coefficient (Wildman–Crippen LogP) is 3.29. The Hall–Kier alpha value is -1.74.